The predicted octanol–water partition coefficient (Wildman–Crippen LogP) is 1.56. The fraction of sp³-hybridized carbons (Fsp3) is 0.818. The molecule has 0 aliphatic carbocycles. The first-order valence-electron chi connectivity index (χ1n) is 6.11. The van der Waals surface area contributed by atoms with Crippen LogP contribution in [0.25, 0.3) is 0 Å². The van der Waals surface area contributed by atoms with Gasteiger partial charge in [-0.25, -0.2) is 0 Å². The lowest BCUT2D eigenvalue weighted by atomic mass is 10.2. The molecule has 0 amide bonds. The Morgan fingerprint density at radius 3 is 3.06 bits per heavy atom. The summed E-state index contributed by atoms with van der Waals surface area (Å²) in [6.07, 6.45) is 3.54. The molecule has 1 aromatic heterocycles. The number of rotatable bonds is 5. The van der Waals surface area contributed by atoms with Gasteiger partial charge in [0, 0.05) is 12.6 Å². The molecule has 1 atom stereocenters. The SMILES string of the molecule is CCCNCc1nnc(N2CCCC2C)o1. The number of anilines is 1. The molecule has 0 radical (unpaired) electrons. The Labute approximate surface area is 96.2 Å². The molecule has 2 rings (SSSR count). The molecule has 0 bridgehead atoms. The van der Waals surface area contributed by atoms with Crippen LogP contribution in [0.3, 0.4) is 0 Å². The minimum atomic E-state index is 0.525. The fourth-order valence-corrected chi connectivity index (χ4v) is 2.02. The Hall–Kier alpha value is -1.10. The van der Waals surface area contributed by atoms with E-state index in [2.05, 4.69) is 34.3 Å². The van der Waals surface area contributed by atoms with Crippen LogP contribution in [0.2, 0.25) is 0 Å². The van der Waals surface area contributed by atoms with Gasteiger partial charge in [-0.15, -0.1) is 5.10 Å². The van der Waals surface area contributed by atoms with E-state index in [0.29, 0.717) is 24.5 Å². The zero-order chi connectivity index (χ0) is 11.4. The minimum absolute atomic E-state index is 0.525. The van der Waals surface area contributed by atoms with Crippen LogP contribution in [-0.2, 0) is 6.54 Å². The monoisotopic (exact) mass is 224 g/mol. The second-order valence-corrected chi connectivity index (χ2v) is 4.34. The van der Waals surface area contributed by atoms with Crippen LogP contribution in [0.15, 0.2) is 4.42 Å². The van der Waals surface area contributed by atoms with Crippen molar-refractivity contribution in [1.82, 2.24) is 15.5 Å². The maximum atomic E-state index is 5.63. The van der Waals surface area contributed by atoms with Gasteiger partial charge in [0.2, 0.25) is 5.89 Å². The van der Waals surface area contributed by atoms with Crippen molar-refractivity contribution in [2.45, 2.75) is 45.7 Å². The highest BCUT2D eigenvalue weighted by Crippen LogP contribution is 2.23. The van der Waals surface area contributed by atoms with Gasteiger partial charge < -0.3 is 14.6 Å². The standard InChI is InChI=1S/C11H20N4O/c1-3-6-12-8-10-13-14-11(16-10)15-7-4-5-9(15)2/h9,12H,3-8H2,1-2H3. The summed E-state index contributed by atoms with van der Waals surface area (Å²) in [5.74, 6) is 0.683. The summed E-state index contributed by atoms with van der Waals surface area (Å²) in [4.78, 5) is 2.19. The molecular formula is C11H20N4O. The summed E-state index contributed by atoms with van der Waals surface area (Å²) in [7, 11) is 0. The van der Waals surface area contributed by atoms with Crippen LogP contribution in [0.1, 0.15) is 39.0 Å². The van der Waals surface area contributed by atoms with Crippen molar-refractivity contribution in [1.29, 1.82) is 0 Å². The van der Waals surface area contributed by atoms with Crippen LogP contribution in [0.4, 0.5) is 6.01 Å². The quantitative estimate of drug-likeness (QED) is 0.769. The Morgan fingerprint density at radius 1 is 1.50 bits per heavy atom. The molecule has 2 heterocycles. The minimum Gasteiger partial charge on any atom is -0.407 e. The van der Waals surface area contributed by atoms with Gasteiger partial charge in [-0.2, -0.15) is 0 Å². The van der Waals surface area contributed by atoms with E-state index in [4.69, 9.17) is 4.42 Å². The smallest absolute Gasteiger partial charge is 0.318 e. The second kappa shape index (κ2) is 5.30. The van der Waals surface area contributed by atoms with E-state index in [9.17, 15) is 0 Å². The molecule has 90 valence electrons. The zero-order valence-electron chi connectivity index (χ0n) is 10.1. The van der Waals surface area contributed by atoms with E-state index in [-0.39, 0.29) is 0 Å². The summed E-state index contributed by atoms with van der Waals surface area (Å²) in [6.45, 7) is 7.02. The maximum absolute atomic E-state index is 5.63. The van der Waals surface area contributed by atoms with Gasteiger partial charge >= 0.3 is 6.01 Å². The number of nitrogens with one attached hydrogen (secondary N) is 1. The van der Waals surface area contributed by atoms with Crippen molar-refractivity contribution in [3.8, 4) is 0 Å². The van der Waals surface area contributed by atoms with Gasteiger partial charge in [0.1, 0.15) is 0 Å². The van der Waals surface area contributed by atoms with E-state index in [1.54, 1.807) is 0 Å². The molecule has 1 unspecified atom stereocenters. The van der Waals surface area contributed by atoms with Crippen LogP contribution in [0, 0.1) is 0 Å². The van der Waals surface area contributed by atoms with Crippen molar-refractivity contribution in [3.05, 3.63) is 5.89 Å². The van der Waals surface area contributed by atoms with Crippen LogP contribution < -0.4 is 10.2 Å². The summed E-state index contributed by atoms with van der Waals surface area (Å²) in [5.41, 5.74) is 0. The topological polar surface area (TPSA) is 54.2 Å². The molecule has 0 aromatic carbocycles. The molecule has 0 spiro atoms. The van der Waals surface area contributed by atoms with Crippen molar-refractivity contribution in [3.63, 3.8) is 0 Å². The van der Waals surface area contributed by atoms with Crippen LogP contribution >= 0.6 is 0 Å². The van der Waals surface area contributed by atoms with Crippen molar-refractivity contribution >= 4 is 6.01 Å². The first kappa shape index (κ1) is 11.4. The van der Waals surface area contributed by atoms with Gasteiger partial charge in [0.25, 0.3) is 0 Å². The first-order chi connectivity index (χ1) is 7.81. The normalized spacial score (nSPS) is 20.6. The molecule has 1 saturated heterocycles. The maximum Gasteiger partial charge on any atom is 0.318 e. The van der Waals surface area contributed by atoms with Crippen molar-refractivity contribution in [2.75, 3.05) is 18.0 Å². The first-order valence-corrected chi connectivity index (χ1v) is 6.11. The largest absolute Gasteiger partial charge is 0.407 e. The summed E-state index contributed by atoms with van der Waals surface area (Å²) in [6, 6.07) is 1.20. The second-order valence-electron chi connectivity index (χ2n) is 4.34. The molecule has 1 aliphatic heterocycles. The number of nitrogens with zero attached hydrogens (tertiary/aromatic N) is 3. The van der Waals surface area contributed by atoms with Crippen LogP contribution in [-0.4, -0.2) is 29.3 Å². The van der Waals surface area contributed by atoms with Gasteiger partial charge in [0.05, 0.1) is 6.54 Å². The molecule has 1 N–H and O–H groups in total. The Bertz CT molecular complexity index is 326. The van der Waals surface area contributed by atoms with E-state index in [0.717, 1.165) is 19.5 Å². The van der Waals surface area contributed by atoms with E-state index in [1.807, 2.05) is 0 Å². The average Bonchev–Trinajstić information content (AvgIpc) is 2.87. The lowest BCUT2D eigenvalue weighted by Crippen LogP contribution is -2.26. The van der Waals surface area contributed by atoms with Gasteiger partial charge in [-0.05, 0) is 32.7 Å². The van der Waals surface area contributed by atoms with Crippen molar-refractivity contribution in [2.24, 2.45) is 0 Å². The van der Waals surface area contributed by atoms with E-state index < -0.39 is 0 Å². The average molecular weight is 224 g/mol. The Morgan fingerprint density at radius 2 is 2.38 bits per heavy atom. The van der Waals surface area contributed by atoms with Crippen molar-refractivity contribution < 1.29 is 4.42 Å². The van der Waals surface area contributed by atoms with Gasteiger partial charge in [-0.1, -0.05) is 12.0 Å². The van der Waals surface area contributed by atoms with Gasteiger partial charge in [-0.3, -0.25) is 0 Å². The van der Waals surface area contributed by atoms with Crippen LogP contribution in [0.5, 0.6) is 0 Å². The molecule has 16 heavy (non-hydrogen) atoms. The molecule has 5 heteroatoms. The molecular weight excluding hydrogens is 204 g/mol. The lowest BCUT2D eigenvalue weighted by Gasteiger charge is -2.17. The van der Waals surface area contributed by atoms with Gasteiger partial charge in [0.15, 0.2) is 0 Å². The molecule has 1 aliphatic rings. The zero-order valence-corrected chi connectivity index (χ0v) is 10.1. The van der Waals surface area contributed by atoms with E-state index in [1.165, 1.54) is 12.8 Å². The molecule has 0 saturated carbocycles. The highest BCUT2D eigenvalue weighted by Gasteiger charge is 2.24. The number of hydrogen-bond acceptors (Lipinski definition) is 5. The molecule has 5 nitrogen and oxygen atoms in total. The lowest BCUT2D eigenvalue weighted by molar-refractivity contribution is 0.459. The summed E-state index contributed by atoms with van der Waals surface area (Å²) < 4.78 is 5.63. The Kier molecular flexibility index (Phi) is 3.77. The summed E-state index contributed by atoms with van der Waals surface area (Å²) >= 11 is 0. The number of hydrogen-bond donors (Lipinski definition) is 1. The third-order valence-corrected chi connectivity index (χ3v) is 2.96. The highest BCUT2D eigenvalue weighted by molar-refractivity contribution is 5.27. The third-order valence-electron chi connectivity index (χ3n) is 2.96. The Balaban J connectivity index is 1.91. The fourth-order valence-electron chi connectivity index (χ4n) is 2.02. The molecule has 1 fully saturated rings. The number of aromatic nitrogens is 2. The van der Waals surface area contributed by atoms with E-state index >= 15 is 0 Å². The predicted molar refractivity (Wildman–Crippen MR) is 62.3 cm³/mol. The third kappa shape index (κ3) is 2.52. The highest BCUT2D eigenvalue weighted by atomic mass is 16.4. The summed E-state index contributed by atoms with van der Waals surface area (Å²) in [5, 5.41) is 11.4. The molecule has 1 aromatic rings.